The fraction of sp³-hybridized carbons (Fsp3) is 0. The molecule has 7 nitrogen and oxygen atoms in total. The molecule has 0 aliphatic heterocycles. The summed E-state index contributed by atoms with van der Waals surface area (Å²) in [5.41, 5.74) is -0.222. The molecule has 0 saturated heterocycles. The highest BCUT2D eigenvalue weighted by atomic mass is 31.2. The molecular formula is C19H14N3O4P. The predicted molar refractivity (Wildman–Crippen MR) is 101 cm³/mol. The highest BCUT2D eigenvalue weighted by Crippen LogP contribution is 2.47. The molecule has 0 radical (unpaired) electrons. The van der Waals surface area contributed by atoms with Crippen molar-refractivity contribution < 1.29 is 13.6 Å². The first-order valence-corrected chi connectivity index (χ1v) is 9.60. The smallest absolute Gasteiger partial charge is 0.399 e. The lowest BCUT2D eigenvalue weighted by atomic mass is 10.2. The Morgan fingerprint density at radius 2 is 1.26 bits per heavy atom. The van der Waals surface area contributed by atoms with E-state index in [1.54, 1.807) is 84.9 Å². The van der Waals surface area contributed by atoms with Crippen molar-refractivity contribution in [2.24, 2.45) is 0 Å². The number of hydrogen-bond acceptors (Lipinski definition) is 6. The van der Waals surface area contributed by atoms with Crippen molar-refractivity contribution in [2.75, 3.05) is 0 Å². The van der Waals surface area contributed by atoms with Gasteiger partial charge in [0, 0.05) is 0 Å². The lowest BCUT2D eigenvalue weighted by Gasteiger charge is -2.19. The third kappa shape index (κ3) is 3.45. The highest BCUT2D eigenvalue weighted by molar-refractivity contribution is 7.52. The summed E-state index contributed by atoms with van der Waals surface area (Å²) >= 11 is 0. The minimum atomic E-state index is -4.23. The van der Waals surface area contributed by atoms with Crippen LogP contribution in [0, 0.1) is 0 Å². The van der Waals surface area contributed by atoms with E-state index in [1.165, 1.54) is 0 Å². The van der Waals surface area contributed by atoms with E-state index in [9.17, 15) is 9.36 Å². The molecule has 0 unspecified atom stereocenters. The van der Waals surface area contributed by atoms with Gasteiger partial charge in [0.25, 0.3) is 5.56 Å². The molecule has 0 spiro atoms. The van der Waals surface area contributed by atoms with E-state index in [1.807, 2.05) is 0 Å². The van der Waals surface area contributed by atoms with E-state index >= 15 is 0 Å². The van der Waals surface area contributed by atoms with Crippen molar-refractivity contribution in [1.82, 2.24) is 14.8 Å². The molecule has 8 heteroatoms. The second kappa shape index (κ2) is 7.05. The molecule has 27 heavy (non-hydrogen) atoms. The molecule has 134 valence electrons. The standard InChI is InChI=1S/C19H14N3O4P/c23-19-17-13-7-8-14-18(17)20-21-22(19)27(24,25-15-9-3-1-4-10-15)26-16-11-5-2-6-12-16/h1-14H. The van der Waals surface area contributed by atoms with Crippen molar-refractivity contribution in [1.29, 1.82) is 0 Å². The number of nitrogens with zero attached hydrogens (tertiary/aromatic N) is 3. The van der Waals surface area contributed by atoms with Crippen LogP contribution in [-0.4, -0.2) is 14.8 Å². The van der Waals surface area contributed by atoms with Gasteiger partial charge in [-0.25, -0.2) is 4.57 Å². The average molecular weight is 379 g/mol. The summed E-state index contributed by atoms with van der Waals surface area (Å²) in [6, 6.07) is 23.6. The van der Waals surface area contributed by atoms with Gasteiger partial charge in [0.15, 0.2) is 0 Å². The predicted octanol–water partition coefficient (Wildman–Crippen LogP) is 3.91. The average Bonchev–Trinajstić information content (AvgIpc) is 2.70. The molecule has 0 N–H and O–H groups in total. The molecule has 4 aromatic rings. The lowest BCUT2D eigenvalue weighted by Crippen LogP contribution is -2.27. The zero-order valence-electron chi connectivity index (χ0n) is 14.0. The van der Waals surface area contributed by atoms with E-state index in [2.05, 4.69) is 10.3 Å². The Morgan fingerprint density at radius 1 is 0.741 bits per heavy atom. The number of rotatable bonds is 5. The van der Waals surface area contributed by atoms with Crippen molar-refractivity contribution in [3.63, 3.8) is 0 Å². The van der Waals surface area contributed by atoms with Gasteiger partial charge in [-0.3, -0.25) is 4.79 Å². The molecule has 0 aliphatic rings. The van der Waals surface area contributed by atoms with Crippen molar-refractivity contribution in [2.45, 2.75) is 0 Å². The van der Waals surface area contributed by atoms with Gasteiger partial charge >= 0.3 is 7.75 Å². The van der Waals surface area contributed by atoms with Gasteiger partial charge in [-0.05, 0) is 36.4 Å². The second-order valence-electron chi connectivity index (χ2n) is 5.58. The summed E-state index contributed by atoms with van der Waals surface area (Å²) in [5.74, 6) is 0.553. The summed E-state index contributed by atoms with van der Waals surface area (Å²) in [4.78, 5) is 12.9. The molecule has 0 atom stereocenters. The molecule has 0 bridgehead atoms. The maximum Gasteiger partial charge on any atom is 0.569 e. The van der Waals surface area contributed by atoms with Crippen LogP contribution in [0.5, 0.6) is 11.5 Å². The van der Waals surface area contributed by atoms with E-state index in [0.29, 0.717) is 9.97 Å². The van der Waals surface area contributed by atoms with Crippen molar-refractivity contribution in [3.8, 4) is 11.5 Å². The molecule has 0 saturated carbocycles. The highest BCUT2D eigenvalue weighted by Gasteiger charge is 2.35. The first-order chi connectivity index (χ1) is 13.2. The van der Waals surface area contributed by atoms with Gasteiger partial charge < -0.3 is 9.05 Å². The summed E-state index contributed by atoms with van der Waals surface area (Å²) in [7, 11) is -4.23. The van der Waals surface area contributed by atoms with Gasteiger partial charge in [-0.15, -0.1) is 5.10 Å². The van der Waals surface area contributed by atoms with Crippen molar-refractivity contribution in [3.05, 3.63) is 95.3 Å². The van der Waals surface area contributed by atoms with Gasteiger partial charge in [0.05, 0.1) is 5.39 Å². The molecule has 1 aromatic heterocycles. The van der Waals surface area contributed by atoms with E-state index in [4.69, 9.17) is 9.05 Å². The van der Waals surface area contributed by atoms with E-state index < -0.39 is 13.3 Å². The summed E-state index contributed by atoms with van der Waals surface area (Å²) in [6.07, 6.45) is 0. The molecule has 0 fully saturated rings. The SMILES string of the molecule is O=c1c2ccccc2nnn1P(=O)(Oc1ccccc1)Oc1ccccc1. The topological polar surface area (TPSA) is 83.3 Å². The van der Waals surface area contributed by atoms with Crippen LogP contribution in [0.3, 0.4) is 0 Å². The number of para-hydroxylation sites is 2. The zero-order valence-corrected chi connectivity index (χ0v) is 14.9. The van der Waals surface area contributed by atoms with Gasteiger partial charge in [-0.2, -0.15) is 0 Å². The lowest BCUT2D eigenvalue weighted by molar-refractivity contribution is 0.363. The van der Waals surface area contributed by atoms with Crippen LogP contribution >= 0.6 is 7.75 Å². The van der Waals surface area contributed by atoms with E-state index in [0.717, 1.165) is 0 Å². The third-order valence-electron chi connectivity index (χ3n) is 3.71. The third-order valence-corrected chi connectivity index (χ3v) is 5.32. The molecule has 3 aromatic carbocycles. The van der Waals surface area contributed by atoms with Gasteiger partial charge in [0.2, 0.25) is 0 Å². The Morgan fingerprint density at radius 3 is 1.85 bits per heavy atom. The fourth-order valence-corrected chi connectivity index (χ4v) is 3.90. The van der Waals surface area contributed by atoms with E-state index in [-0.39, 0.29) is 16.9 Å². The molecule has 4 rings (SSSR count). The minimum absolute atomic E-state index is 0.265. The summed E-state index contributed by atoms with van der Waals surface area (Å²) < 4.78 is 25.5. The molecule has 0 amide bonds. The fourth-order valence-electron chi connectivity index (χ4n) is 2.47. The maximum absolute atomic E-state index is 13.6. The first kappa shape index (κ1) is 17.0. The normalized spacial score (nSPS) is 11.3. The number of fused-ring (bicyclic) bond motifs is 1. The summed E-state index contributed by atoms with van der Waals surface area (Å²) in [6.45, 7) is 0. The maximum atomic E-state index is 13.6. The quantitative estimate of drug-likeness (QED) is 0.489. The van der Waals surface area contributed by atoms with Gasteiger partial charge in [-0.1, -0.05) is 58.2 Å². The number of benzene rings is 3. The zero-order chi connectivity index (χ0) is 18.7. The molecular weight excluding hydrogens is 365 g/mol. The Labute approximate surface area is 154 Å². The summed E-state index contributed by atoms with van der Waals surface area (Å²) in [5, 5.41) is 8.05. The van der Waals surface area contributed by atoms with Gasteiger partial charge in [0.1, 0.15) is 17.0 Å². The van der Waals surface area contributed by atoms with Crippen LogP contribution in [-0.2, 0) is 4.57 Å². The first-order valence-electron chi connectivity index (χ1n) is 8.11. The largest absolute Gasteiger partial charge is 0.569 e. The number of aromatic nitrogens is 3. The van der Waals surface area contributed by atoms with Crippen LogP contribution in [0.15, 0.2) is 89.7 Å². The van der Waals surface area contributed by atoms with Crippen LogP contribution in [0.25, 0.3) is 10.9 Å². The monoisotopic (exact) mass is 379 g/mol. The Hall–Kier alpha value is -3.44. The Bertz CT molecular complexity index is 1130. The van der Waals surface area contributed by atoms with Crippen LogP contribution in [0.4, 0.5) is 0 Å². The minimum Gasteiger partial charge on any atom is -0.399 e. The van der Waals surface area contributed by atoms with Crippen LogP contribution in [0.1, 0.15) is 0 Å². The Kier molecular flexibility index (Phi) is 4.44. The second-order valence-corrected chi connectivity index (χ2v) is 7.26. The van der Waals surface area contributed by atoms with Crippen LogP contribution < -0.4 is 14.6 Å². The Balaban J connectivity index is 1.86. The molecule has 1 heterocycles. The number of hydrogen-bond donors (Lipinski definition) is 0. The molecule has 0 aliphatic carbocycles. The van der Waals surface area contributed by atoms with Crippen LogP contribution in [0.2, 0.25) is 0 Å². The van der Waals surface area contributed by atoms with Crippen molar-refractivity contribution >= 4 is 18.6 Å².